The molecule has 72 valence electrons. The van der Waals surface area contributed by atoms with Crippen molar-refractivity contribution < 1.29 is 4.42 Å². The fourth-order valence-corrected chi connectivity index (χ4v) is 2.39. The second-order valence-corrected chi connectivity index (χ2v) is 4.52. The Morgan fingerprint density at radius 2 is 2.31 bits per heavy atom. The van der Waals surface area contributed by atoms with Crippen molar-refractivity contribution in [2.45, 2.75) is 25.3 Å². The molecule has 1 aromatic rings. The molecular weight excluding hydrogens is 230 g/mol. The number of nitrogens with one attached hydrogen (secondary N) is 1. The topological polar surface area (TPSA) is 25.2 Å². The summed E-state index contributed by atoms with van der Waals surface area (Å²) in [6, 6.07) is 4.69. The number of rotatable bonds is 2. The van der Waals surface area contributed by atoms with E-state index in [1.807, 2.05) is 13.1 Å². The minimum absolute atomic E-state index is 0.601. The normalized spacial score (nSPS) is 33.0. The number of hydrogen-bond donors (Lipinski definition) is 1. The molecule has 1 fully saturated rings. The van der Waals surface area contributed by atoms with Crippen molar-refractivity contribution in [3.63, 3.8) is 0 Å². The van der Waals surface area contributed by atoms with Gasteiger partial charge < -0.3 is 9.73 Å². The van der Waals surface area contributed by atoms with Crippen LogP contribution in [0.4, 0.5) is 0 Å². The molecule has 0 bridgehead atoms. The Labute approximate surface area is 86.8 Å². The van der Waals surface area contributed by atoms with Crippen LogP contribution in [0.1, 0.15) is 25.0 Å². The Hall–Kier alpha value is -0.280. The van der Waals surface area contributed by atoms with Crippen molar-refractivity contribution >= 4 is 15.9 Å². The van der Waals surface area contributed by atoms with Crippen molar-refractivity contribution in [2.75, 3.05) is 7.05 Å². The quantitative estimate of drug-likeness (QED) is 0.865. The van der Waals surface area contributed by atoms with Crippen LogP contribution in [0.25, 0.3) is 0 Å². The SMILES string of the molecule is CNC1CC(c2ccc(Br)o2)C1C. The molecule has 3 unspecified atom stereocenters. The summed E-state index contributed by atoms with van der Waals surface area (Å²) in [6.07, 6.45) is 1.19. The molecule has 0 saturated heterocycles. The summed E-state index contributed by atoms with van der Waals surface area (Å²) < 4.78 is 6.38. The molecule has 0 aromatic carbocycles. The van der Waals surface area contributed by atoms with Gasteiger partial charge in [0.15, 0.2) is 4.67 Å². The van der Waals surface area contributed by atoms with Crippen LogP contribution < -0.4 is 5.32 Å². The van der Waals surface area contributed by atoms with Gasteiger partial charge in [0.1, 0.15) is 5.76 Å². The highest BCUT2D eigenvalue weighted by Gasteiger charge is 2.39. The molecule has 2 nitrogen and oxygen atoms in total. The Morgan fingerprint density at radius 3 is 2.77 bits per heavy atom. The average molecular weight is 244 g/mol. The Bertz CT molecular complexity index is 297. The maximum Gasteiger partial charge on any atom is 0.169 e. The summed E-state index contributed by atoms with van der Waals surface area (Å²) in [5, 5.41) is 3.30. The van der Waals surface area contributed by atoms with Crippen LogP contribution in [0.2, 0.25) is 0 Å². The second-order valence-electron chi connectivity index (χ2n) is 3.74. The van der Waals surface area contributed by atoms with E-state index < -0.39 is 0 Å². The zero-order valence-corrected chi connectivity index (χ0v) is 9.47. The molecule has 3 heteroatoms. The zero-order valence-electron chi connectivity index (χ0n) is 7.88. The first-order valence-corrected chi connectivity index (χ1v) is 5.44. The standard InChI is InChI=1S/C10H14BrNO/c1-6-7(5-8(6)12-2)9-3-4-10(11)13-9/h3-4,6-8,12H,5H2,1-2H3. The van der Waals surface area contributed by atoms with Crippen LogP contribution in [0, 0.1) is 5.92 Å². The van der Waals surface area contributed by atoms with Gasteiger partial charge in [-0.05, 0) is 47.4 Å². The van der Waals surface area contributed by atoms with E-state index in [1.165, 1.54) is 6.42 Å². The molecule has 1 aliphatic carbocycles. The van der Waals surface area contributed by atoms with Crippen LogP contribution in [0.3, 0.4) is 0 Å². The van der Waals surface area contributed by atoms with Gasteiger partial charge in [-0.1, -0.05) is 6.92 Å². The first-order valence-electron chi connectivity index (χ1n) is 4.65. The van der Waals surface area contributed by atoms with E-state index in [2.05, 4.69) is 34.2 Å². The smallest absolute Gasteiger partial charge is 0.169 e. The van der Waals surface area contributed by atoms with Crippen molar-refractivity contribution in [1.29, 1.82) is 0 Å². The molecule has 13 heavy (non-hydrogen) atoms. The molecular formula is C10H14BrNO. The molecule has 1 saturated carbocycles. The van der Waals surface area contributed by atoms with Crippen LogP contribution in [-0.2, 0) is 0 Å². The van der Waals surface area contributed by atoms with Crippen LogP contribution >= 0.6 is 15.9 Å². The predicted molar refractivity (Wildman–Crippen MR) is 55.8 cm³/mol. The lowest BCUT2D eigenvalue weighted by molar-refractivity contribution is 0.170. The molecule has 1 aliphatic rings. The summed E-state index contributed by atoms with van der Waals surface area (Å²) in [5.74, 6) is 2.40. The summed E-state index contributed by atoms with van der Waals surface area (Å²) in [5.41, 5.74) is 0. The van der Waals surface area contributed by atoms with Gasteiger partial charge in [0, 0.05) is 12.0 Å². The Morgan fingerprint density at radius 1 is 1.54 bits per heavy atom. The minimum Gasteiger partial charge on any atom is -0.454 e. The summed E-state index contributed by atoms with van der Waals surface area (Å²) in [4.78, 5) is 0. The van der Waals surface area contributed by atoms with Gasteiger partial charge in [-0.15, -0.1) is 0 Å². The van der Waals surface area contributed by atoms with Gasteiger partial charge in [-0.3, -0.25) is 0 Å². The fourth-order valence-electron chi connectivity index (χ4n) is 2.07. The summed E-state index contributed by atoms with van der Waals surface area (Å²) >= 11 is 3.32. The minimum atomic E-state index is 0.601. The van der Waals surface area contributed by atoms with E-state index in [1.54, 1.807) is 0 Å². The van der Waals surface area contributed by atoms with E-state index >= 15 is 0 Å². The number of furan rings is 1. The maximum atomic E-state index is 5.54. The highest BCUT2D eigenvalue weighted by atomic mass is 79.9. The van der Waals surface area contributed by atoms with Gasteiger partial charge in [-0.2, -0.15) is 0 Å². The molecule has 0 aliphatic heterocycles. The van der Waals surface area contributed by atoms with Gasteiger partial charge in [0.05, 0.1) is 0 Å². The summed E-state index contributed by atoms with van der Waals surface area (Å²) in [6.45, 7) is 2.27. The lowest BCUT2D eigenvalue weighted by Gasteiger charge is -2.41. The second kappa shape index (κ2) is 3.46. The Kier molecular flexibility index (Phi) is 2.47. The van der Waals surface area contributed by atoms with Gasteiger partial charge in [-0.25, -0.2) is 0 Å². The summed E-state index contributed by atoms with van der Waals surface area (Å²) in [7, 11) is 2.02. The van der Waals surface area contributed by atoms with E-state index in [4.69, 9.17) is 4.42 Å². The lowest BCUT2D eigenvalue weighted by Crippen LogP contribution is -2.46. The van der Waals surface area contributed by atoms with Gasteiger partial charge in [0.2, 0.25) is 0 Å². The highest BCUT2D eigenvalue weighted by molar-refractivity contribution is 9.10. The predicted octanol–water partition coefficient (Wildman–Crippen LogP) is 2.75. The van der Waals surface area contributed by atoms with Crippen LogP contribution in [-0.4, -0.2) is 13.1 Å². The van der Waals surface area contributed by atoms with Gasteiger partial charge in [0.25, 0.3) is 0 Å². The largest absolute Gasteiger partial charge is 0.454 e. The monoisotopic (exact) mass is 243 g/mol. The zero-order chi connectivity index (χ0) is 9.42. The van der Waals surface area contributed by atoms with Crippen LogP contribution in [0.15, 0.2) is 21.2 Å². The molecule has 0 spiro atoms. The molecule has 1 N–H and O–H groups in total. The van der Waals surface area contributed by atoms with E-state index in [-0.39, 0.29) is 0 Å². The van der Waals surface area contributed by atoms with E-state index in [0.29, 0.717) is 17.9 Å². The molecule has 1 aromatic heterocycles. The molecule has 2 rings (SSSR count). The third kappa shape index (κ3) is 1.55. The third-order valence-corrected chi connectivity index (χ3v) is 3.53. The maximum absolute atomic E-state index is 5.54. The first kappa shape index (κ1) is 9.28. The molecule has 1 heterocycles. The molecule has 3 atom stereocenters. The fraction of sp³-hybridized carbons (Fsp3) is 0.600. The number of halogens is 1. The van der Waals surface area contributed by atoms with E-state index in [9.17, 15) is 0 Å². The van der Waals surface area contributed by atoms with Crippen molar-refractivity contribution in [3.8, 4) is 0 Å². The molecule has 0 amide bonds. The van der Waals surface area contributed by atoms with Gasteiger partial charge >= 0.3 is 0 Å². The Balaban J connectivity index is 2.05. The first-order chi connectivity index (χ1) is 6.22. The van der Waals surface area contributed by atoms with Crippen LogP contribution in [0.5, 0.6) is 0 Å². The van der Waals surface area contributed by atoms with E-state index in [0.717, 1.165) is 10.4 Å². The van der Waals surface area contributed by atoms with Crippen molar-refractivity contribution in [2.24, 2.45) is 5.92 Å². The van der Waals surface area contributed by atoms with Crippen molar-refractivity contribution in [1.82, 2.24) is 5.32 Å². The molecule has 0 radical (unpaired) electrons. The lowest BCUT2D eigenvalue weighted by atomic mass is 9.69. The highest BCUT2D eigenvalue weighted by Crippen LogP contribution is 2.43. The number of hydrogen-bond acceptors (Lipinski definition) is 2. The average Bonchev–Trinajstić information content (AvgIpc) is 2.50. The van der Waals surface area contributed by atoms with Crippen molar-refractivity contribution in [3.05, 3.63) is 22.6 Å². The third-order valence-electron chi connectivity index (χ3n) is 3.11.